The van der Waals surface area contributed by atoms with E-state index < -0.39 is 0 Å². The molecule has 0 saturated carbocycles. The summed E-state index contributed by atoms with van der Waals surface area (Å²) in [6.45, 7) is 0. The van der Waals surface area contributed by atoms with E-state index >= 15 is 0 Å². The van der Waals surface area contributed by atoms with Gasteiger partial charge in [0.2, 0.25) is 0 Å². The molecule has 0 aliphatic heterocycles. The number of ether oxygens (including phenoxy) is 2. The van der Waals surface area contributed by atoms with E-state index in [1.54, 1.807) is 48.5 Å². The minimum atomic E-state index is -0.265. The molecule has 0 fully saturated rings. The minimum Gasteiger partial charge on any atom is -0.457 e. The van der Waals surface area contributed by atoms with Gasteiger partial charge in [-0.25, -0.2) is 0 Å². The molecule has 5 aromatic rings. The van der Waals surface area contributed by atoms with Crippen molar-refractivity contribution in [3.8, 4) is 23.0 Å². The van der Waals surface area contributed by atoms with E-state index in [1.807, 2.05) is 60.7 Å². The van der Waals surface area contributed by atoms with Crippen molar-refractivity contribution in [1.29, 1.82) is 0 Å². The average Bonchev–Trinajstić information content (AvgIpc) is 2.88. The van der Waals surface area contributed by atoms with Crippen molar-refractivity contribution in [2.24, 2.45) is 0 Å². The smallest absolute Gasteiger partial charge is 0.198 e. The van der Waals surface area contributed by atoms with Gasteiger partial charge >= 0.3 is 0 Å². The summed E-state index contributed by atoms with van der Waals surface area (Å²) in [4.78, 5) is 27.2. The third-order valence-electron chi connectivity index (χ3n) is 5.94. The molecule has 0 bridgehead atoms. The fraction of sp³-hybridized carbons (Fsp3) is 0. The quantitative estimate of drug-likeness (QED) is 0.290. The zero-order valence-corrected chi connectivity index (χ0v) is 18.0. The van der Waals surface area contributed by atoms with Crippen LogP contribution in [0.1, 0.15) is 31.8 Å². The van der Waals surface area contributed by atoms with Crippen molar-refractivity contribution >= 4 is 22.3 Å². The highest BCUT2D eigenvalue weighted by Gasteiger charge is 2.35. The number of fused-ring (bicyclic) bond motifs is 3. The Morgan fingerprint density at radius 2 is 0.971 bits per heavy atom. The van der Waals surface area contributed by atoms with Gasteiger partial charge in [-0.15, -0.1) is 0 Å². The van der Waals surface area contributed by atoms with Gasteiger partial charge in [0.15, 0.2) is 11.6 Å². The molecule has 0 amide bonds. The predicted octanol–water partition coefficient (Wildman–Crippen LogP) is 7.20. The fourth-order valence-electron chi connectivity index (χ4n) is 4.37. The summed E-state index contributed by atoms with van der Waals surface area (Å²) in [6, 6.07) is 33.0. The zero-order valence-electron chi connectivity index (χ0n) is 18.0. The second-order valence-corrected chi connectivity index (χ2v) is 8.01. The van der Waals surface area contributed by atoms with Crippen molar-refractivity contribution < 1.29 is 19.1 Å². The molecule has 0 heterocycles. The Morgan fingerprint density at radius 1 is 0.441 bits per heavy atom. The van der Waals surface area contributed by atoms with E-state index in [4.69, 9.17) is 9.47 Å². The van der Waals surface area contributed by atoms with Gasteiger partial charge in [0.05, 0.1) is 11.1 Å². The van der Waals surface area contributed by atoms with Gasteiger partial charge in [0, 0.05) is 16.5 Å². The van der Waals surface area contributed by atoms with E-state index in [0.717, 1.165) is 10.8 Å². The maximum Gasteiger partial charge on any atom is 0.198 e. The van der Waals surface area contributed by atoms with Gasteiger partial charge < -0.3 is 9.47 Å². The maximum absolute atomic E-state index is 13.6. The van der Waals surface area contributed by atoms with E-state index in [-0.39, 0.29) is 22.7 Å². The third-order valence-corrected chi connectivity index (χ3v) is 5.94. The van der Waals surface area contributed by atoms with E-state index in [0.29, 0.717) is 34.1 Å². The number of carbonyl (C=O) groups is 2. The van der Waals surface area contributed by atoms with Crippen molar-refractivity contribution in [2.45, 2.75) is 0 Å². The number of hydrogen-bond acceptors (Lipinski definition) is 4. The highest BCUT2D eigenvalue weighted by atomic mass is 16.5. The number of benzene rings is 5. The SMILES string of the molecule is O=C1c2cccc(Oc3cccc4ccccc34)c2C(=O)c2cccc(Oc3ccccc3)c21. The fourth-order valence-corrected chi connectivity index (χ4v) is 4.37. The first-order chi connectivity index (χ1) is 16.7. The molecule has 6 rings (SSSR count). The maximum atomic E-state index is 13.6. The highest BCUT2D eigenvalue weighted by Crippen LogP contribution is 2.40. The first kappa shape index (κ1) is 19.9. The highest BCUT2D eigenvalue weighted by molar-refractivity contribution is 6.30. The van der Waals surface area contributed by atoms with Gasteiger partial charge in [0.25, 0.3) is 0 Å². The van der Waals surface area contributed by atoms with Gasteiger partial charge in [-0.3, -0.25) is 9.59 Å². The second-order valence-electron chi connectivity index (χ2n) is 8.01. The van der Waals surface area contributed by atoms with Crippen LogP contribution in [-0.2, 0) is 0 Å². The van der Waals surface area contributed by atoms with Crippen LogP contribution in [0.2, 0.25) is 0 Å². The van der Waals surface area contributed by atoms with Crippen LogP contribution in [0.25, 0.3) is 10.8 Å². The normalized spacial score (nSPS) is 12.2. The number of rotatable bonds is 4. The molecular formula is C30H18O4. The number of ketones is 2. The first-order valence-corrected chi connectivity index (χ1v) is 10.9. The topological polar surface area (TPSA) is 52.6 Å². The Labute approximate surface area is 196 Å². The lowest BCUT2D eigenvalue weighted by Gasteiger charge is -2.22. The van der Waals surface area contributed by atoms with Crippen LogP contribution >= 0.6 is 0 Å². The Kier molecular flexibility index (Phi) is 4.70. The van der Waals surface area contributed by atoms with Crippen LogP contribution < -0.4 is 9.47 Å². The van der Waals surface area contributed by atoms with Crippen LogP contribution in [0.4, 0.5) is 0 Å². The number of carbonyl (C=O) groups excluding carboxylic acids is 2. The summed E-state index contributed by atoms with van der Waals surface area (Å²) >= 11 is 0. The van der Waals surface area contributed by atoms with Crippen LogP contribution in [-0.4, -0.2) is 11.6 Å². The Hall–Kier alpha value is -4.70. The monoisotopic (exact) mass is 442 g/mol. The molecular weight excluding hydrogens is 424 g/mol. The summed E-state index contributed by atoms with van der Waals surface area (Å²) in [5.74, 6) is 1.40. The van der Waals surface area contributed by atoms with Crippen LogP contribution in [0.15, 0.2) is 109 Å². The molecule has 0 atom stereocenters. The summed E-state index contributed by atoms with van der Waals surface area (Å²) in [6.07, 6.45) is 0. The van der Waals surface area contributed by atoms with E-state index in [9.17, 15) is 9.59 Å². The Bertz CT molecular complexity index is 1580. The molecule has 0 radical (unpaired) electrons. The van der Waals surface area contributed by atoms with Crippen LogP contribution in [0, 0.1) is 0 Å². The summed E-state index contributed by atoms with van der Waals surface area (Å²) < 4.78 is 12.2. The number of para-hydroxylation sites is 1. The molecule has 1 aliphatic rings. The first-order valence-electron chi connectivity index (χ1n) is 10.9. The predicted molar refractivity (Wildman–Crippen MR) is 130 cm³/mol. The van der Waals surface area contributed by atoms with Gasteiger partial charge in [-0.1, -0.05) is 78.9 Å². The van der Waals surface area contributed by atoms with Crippen molar-refractivity contribution in [2.75, 3.05) is 0 Å². The molecule has 162 valence electrons. The summed E-state index contributed by atoms with van der Waals surface area (Å²) in [5, 5.41) is 1.95. The molecule has 0 unspecified atom stereocenters. The average molecular weight is 442 g/mol. The van der Waals surface area contributed by atoms with Crippen LogP contribution in [0.3, 0.4) is 0 Å². The van der Waals surface area contributed by atoms with Crippen molar-refractivity contribution in [3.05, 3.63) is 131 Å². The van der Waals surface area contributed by atoms with E-state index in [1.165, 1.54) is 0 Å². The Balaban J connectivity index is 1.45. The lowest BCUT2D eigenvalue weighted by atomic mass is 9.83. The molecule has 0 spiro atoms. The third kappa shape index (κ3) is 3.24. The summed E-state index contributed by atoms with van der Waals surface area (Å²) in [7, 11) is 0. The molecule has 0 N–H and O–H groups in total. The summed E-state index contributed by atoms with van der Waals surface area (Å²) in [5.41, 5.74) is 1.15. The molecule has 0 saturated heterocycles. The van der Waals surface area contributed by atoms with Crippen molar-refractivity contribution in [1.82, 2.24) is 0 Å². The minimum absolute atomic E-state index is 0.264. The molecule has 5 aromatic carbocycles. The molecule has 1 aliphatic carbocycles. The number of hydrogen-bond donors (Lipinski definition) is 0. The van der Waals surface area contributed by atoms with Gasteiger partial charge in [-0.05, 0) is 35.7 Å². The van der Waals surface area contributed by atoms with Gasteiger partial charge in [0.1, 0.15) is 23.0 Å². The second kappa shape index (κ2) is 8.01. The lowest BCUT2D eigenvalue weighted by molar-refractivity contribution is 0.0975. The van der Waals surface area contributed by atoms with E-state index in [2.05, 4.69) is 0 Å². The Morgan fingerprint density at radius 3 is 1.68 bits per heavy atom. The van der Waals surface area contributed by atoms with Gasteiger partial charge in [-0.2, -0.15) is 0 Å². The standard InChI is InChI=1S/C30H18O4/c31-29-23-15-8-18-26(34-24-16-6-10-19-9-4-5-13-21(19)24)28(23)30(32)22-14-7-17-25(27(22)29)33-20-11-2-1-3-12-20/h1-18H. The van der Waals surface area contributed by atoms with Crippen molar-refractivity contribution in [3.63, 3.8) is 0 Å². The molecule has 4 nitrogen and oxygen atoms in total. The zero-order chi connectivity index (χ0) is 23.1. The lowest BCUT2D eigenvalue weighted by Crippen LogP contribution is -2.22. The van der Waals surface area contributed by atoms with Crippen LogP contribution in [0.5, 0.6) is 23.0 Å². The molecule has 4 heteroatoms. The molecule has 34 heavy (non-hydrogen) atoms. The molecule has 0 aromatic heterocycles. The largest absolute Gasteiger partial charge is 0.457 e.